The Labute approximate surface area is 193 Å². The molecule has 33 heavy (non-hydrogen) atoms. The van der Waals surface area contributed by atoms with Crippen molar-refractivity contribution in [2.24, 2.45) is 4.99 Å². The van der Waals surface area contributed by atoms with Gasteiger partial charge < -0.3 is 15.1 Å². The number of anilines is 1. The maximum Gasteiger partial charge on any atom is 0.322 e. The number of rotatable bonds is 4. The van der Waals surface area contributed by atoms with Crippen LogP contribution in [0.2, 0.25) is 0 Å². The third kappa shape index (κ3) is 4.30. The molecule has 0 bridgehead atoms. The molecule has 166 valence electrons. The SMILES string of the molecule is CN(C)Cc1ccc2c(c1)CN(C(=O)Nc1ccc(C3C=NC(=O)c4ccccc43)cc1)C2. The Hall–Kier alpha value is -3.77. The van der Waals surface area contributed by atoms with Crippen LogP contribution in [0.5, 0.6) is 0 Å². The molecule has 5 rings (SSSR count). The minimum absolute atomic E-state index is 0.0758. The number of nitrogens with zero attached hydrogens (tertiary/aromatic N) is 3. The number of urea groups is 1. The van der Waals surface area contributed by atoms with E-state index >= 15 is 0 Å². The fraction of sp³-hybridized carbons (Fsp3) is 0.222. The van der Waals surface area contributed by atoms with E-state index in [9.17, 15) is 9.59 Å². The van der Waals surface area contributed by atoms with Crippen molar-refractivity contribution < 1.29 is 9.59 Å². The molecule has 0 fully saturated rings. The molecule has 2 aliphatic heterocycles. The van der Waals surface area contributed by atoms with Crippen LogP contribution in [0, 0.1) is 0 Å². The van der Waals surface area contributed by atoms with Gasteiger partial charge in [0.25, 0.3) is 5.91 Å². The second-order valence-corrected chi connectivity index (χ2v) is 8.90. The van der Waals surface area contributed by atoms with Crippen molar-refractivity contribution in [1.82, 2.24) is 9.80 Å². The Morgan fingerprint density at radius 2 is 1.79 bits per heavy atom. The van der Waals surface area contributed by atoms with Crippen molar-refractivity contribution in [2.45, 2.75) is 25.6 Å². The fourth-order valence-corrected chi connectivity index (χ4v) is 4.55. The molecular formula is C27H26N4O2. The molecule has 0 aromatic heterocycles. The molecule has 3 aromatic carbocycles. The van der Waals surface area contributed by atoms with E-state index in [4.69, 9.17) is 0 Å². The van der Waals surface area contributed by atoms with Gasteiger partial charge in [0.15, 0.2) is 0 Å². The van der Waals surface area contributed by atoms with Crippen molar-refractivity contribution in [3.63, 3.8) is 0 Å². The van der Waals surface area contributed by atoms with E-state index in [0.29, 0.717) is 18.7 Å². The van der Waals surface area contributed by atoms with Gasteiger partial charge in [-0.3, -0.25) is 4.79 Å². The van der Waals surface area contributed by atoms with Crippen LogP contribution in [0.1, 0.15) is 44.1 Å². The molecule has 1 atom stereocenters. The number of benzene rings is 3. The Balaban J connectivity index is 1.26. The normalized spacial score (nSPS) is 16.6. The lowest BCUT2D eigenvalue weighted by molar-refractivity contribution is 0.1000. The molecular weight excluding hydrogens is 412 g/mol. The summed E-state index contributed by atoms with van der Waals surface area (Å²) in [5.74, 6) is -0.278. The number of fused-ring (bicyclic) bond motifs is 2. The highest BCUT2D eigenvalue weighted by molar-refractivity contribution is 6.05. The highest BCUT2D eigenvalue weighted by Crippen LogP contribution is 2.30. The molecule has 0 aliphatic carbocycles. The minimum Gasteiger partial charge on any atom is -0.316 e. The third-order valence-corrected chi connectivity index (χ3v) is 6.17. The van der Waals surface area contributed by atoms with Crippen LogP contribution in [0.15, 0.2) is 71.7 Å². The zero-order chi connectivity index (χ0) is 22.9. The number of nitrogens with one attached hydrogen (secondary N) is 1. The van der Waals surface area contributed by atoms with Gasteiger partial charge in [0.05, 0.1) is 0 Å². The first kappa shape index (κ1) is 21.1. The number of amides is 3. The number of hydrogen-bond acceptors (Lipinski definition) is 3. The number of hydrogen-bond donors (Lipinski definition) is 1. The Bertz CT molecular complexity index is 1250. The monoisotopic (exact) mass is 438 g/mol. The van der Waals surface area contributed by atoms with E-state index in [-0.39, 0.29) is 17.9 Å². The summed E-state index contributed by atoms with van der Waals surface area (Å²) in [5.41, 5.74) is 7.04. The van der Waals surface area contributed by atoms with E-state index in [1.165, 1.54) is 16.7 Å². The van der Waals surface area contributed by atoms with Gasteiger partial charge in [-0.05, 0) is 60.1 Å². The number of carbonyl (C=O) groups excluding carboxylic acids is 2. The zero-order valence-electron chi connectivity index (χ0n) is 18.8. The topological polar surface area (TPSA) is 65.0 Å². The molecule has 3 aromatic rings. The molecule has 1 unspecified atom stereocenters. The van der Waals surface area contributed by atoms with E-state index in [2.05, 4.69) is 47.5 Å². The average molecular weight is 439 g/mol. The van der Waals surface area contributed by atoms with Gasteiger partial charge in [-0.1, -0.05) is 48.5 Å². The Morgan fingerprint density at radius 3 is 2.58 bits per heavy atom. The summed E-state index contributed by atoms with van der Waals surface area (Å²) in [5, 5.41) is 3.01. The third-order valence-electron chi connectivity index (χ3n) is 6.17. The lowest BCUT2D eigenvalue weighted by Crippen LogP contribution is -2.30. The van der Waals surface area contributed by atoms with Crippen LogP contribution < -0.4 is 5.32 Å². The van der Waals surface area contributed by atoms with Crippen LogP contribution in [0.3, 0.4) is 0 Å². The fourth-order valence-electron chi connectivity index (χ4n) is 4.55. The summed E-state index contributed by atoms with van der Waals surface area (Å²) in [6.07, 6.45) is 1.70. The lowest BCUT2D eigenvalue weighted by Gasteiger charge is -2.20. The molecule has 0 spiro atoms. The maximum atomic E-state index is 12.9. The number of aliphatic imine (C=N–C) groups is 1. The summed E-state index contributed by atoms with van der Waals surface area (Å²) in [6.45, 7) is 2.12. The summed E-state index contributed by atoms with van der Waals surface area (Å²) in [7, 11) is 4.11. The van der Waals surface area contributed by atoms with Gasteiger partial charge >= 0.3 is 6.03 Å². The van der Waals surface area contributed by atoms with Gasteiger partial charge in [-0.15, -0.1) is 0 Å². The molecule has 6 heteroatoms. The molecule has 3 amide bonds. The Kier molecular flexibility index (Phi) is 5.52. The van der Waals surface area contributed by atoms with Crippen LogP contribution in [-0.4, -0.2) is 42.0 Å². The van der Waals surface area contributed by atoms with Crippen molar-refractivity contribution >= 4 is 23.8 Å². The first-order valence-corrected chi connectivity index (χ1v) is 11.1. The predicted octanol–water partition coefficient (Wildman–Crippen LogP) is 4.65. The van der Waals surface area contributed by atoms with Crippen molar-refractivity contribution in [2.75, 3.05) is 19.4 Å². The largest absolute Gasteiger partial charge is 0.322 e. The summed E-state index contributed by atoms with van der Waals surface area (Å²) >= 11 is 0. The zero-order valence-corrected chi connectivity index (χ0v) is 18.8. The highest BCUT2D eigenvalue weighted by Gasteiger charge is 2.25. The summed E-state index contributed by atoms with van der Waals surface area (Å²) < 4.78 is 0. The number of carbonyl (C=O) groups is 2. The highest BCUT2D eigenvalue weighted by atomic mass is 16.2. The van der Waals surface area contributed by atoms with E-state index in [1.807, 2.05) is 53.4 Å². The smallest absolute Gasteiger partial charge is 0.316 e. The first-order valence-electron chi connectivity index (χ1n) is 11.1. The van der Waals surface area contributed by atoms with Gasteiger partial charge in [0, 0.05) is 43.0 Å². The Morgan fingerprint density at radius 1 is 1.03 bits per heavy atom. The second-order valence-electron chi connectivity index (χ2n) is 8.90. The first-order chi connectivity index (χ1) is 16.0. The van der Waals surface area contributed by atoms with Crippen LogP contribution in [-0.2, 0) is 19.6 Å². The van der Waals surface area contributed by atoms with E-state index in [0.717, 1.165) is 23.4 Å². The van der Waals surface area contributed by atoms with Crippen LogP contribution in [0.4, 0.5) is 10.5 Å². The average Bonchev–Trinajstić information content (AvgIpc) is 3.24. The van der Waals surface area contributed by atoms with Gasteiger partial charge in [-0.25, -0.2) is 9.79 Å². The summed E-state index contributed by atoms with van der Waals surface area (Å²) in [4.78, 5) is 33.0. The van der Waals surface area contributed by atoms with E-state index in [1.54, 1.807) is 6.21 Å². The minimum atomic E-state index is -0.203. The van der Waals surface area contributed by atoms with Crippen molar-refractivity contribution in [3.05, 3.63) is 100 Å². The molecule has 2 aliphatic rings. The molecule has 2 heterocycles. The molecule has 0 radical (unpaired) electrons. The van der Waals surface area contributed by atoms with Crippen molar-refractivity contribution in [1.29, 1.82) is 0 Å². The molecule has 0 saturated heterocycles. The molecule has 0 saturated carbocycles. The quantitative estimate of drug-likeness (QED) is 0.645. The maximum absolute atomic E-state index is 12.9. The van der Waals surface area contributed by atoms with E-state index < -0.39 is 0 Å². The molecule has 1 N–H and O–H groups in total. The van der Waals surface area contributed by atoms with Gasteiger partial charge in [0.2, 0.25) is 0 Å². The van der Waals surface area contributed by atoms with Crippen LogP contribution in [0.25, 0.3) is 0 Å². The second kappa shape index (κ2) is 8.64. The molecule has 6 nitrogen and oxygen atoms in total. The summed E-state index contributed by atoms with van der Waals surface area (Å²) in [6, 6.07) is 21.7. The van der Waals surface area contributed by atoms with Gasteiger partial charge in [-0.2, -0.15) is 0 Å². The standard InChI is InChI=1S/C27H26N4O2/c1-30(2)15-18-7-8-20-16-31(17-21(20)13-18)27(33)29-22-11-9-19(10-12-22)25-14-28-26(32)24-6-4-3-5-23(24)25/h3-14,25H,15-17H2,1-2H3,(H,29,33). The predicted molar refractivity (Wildman–Crippen MR) is 130 cm³/mol. The van der Waals surface area contributed by atoms with Crippen LogP contribution >= 0.6 is 0 Å². The van der Waals surface area contributed by atoms with Crippen molar-refractivity contribution in [3.8, 4) is 0 Å². The van der Waals surface area contributed by atoms with Gasteiger partial charge in [0.1, 0.15) is 0 Å². The lowest BCUT2D eigenvalue weighted by atomic mass is 9.87.